The lowest BCUT2D eigenvalue weighted by atomic mass is 10.4. The van der Waals surface area contributed by atoms with Crippen molar-refractivity contribution < 1.29 is 0 Å². The van der Waals surface area contributed by atoms with Gasteiger partial charge in [0.1, 0.15) is 5.82 Å². The van der Waals surface area contributed by atoms with Gasteiger partial charge < -0.3 is 15.1 Å². The Balaban J connectivity index is 2.23. The molecule has 2 rings (SSSR count). The molecule has 0 unspecified atom stereocenters. The fourth-order valence-electron chi connectivity index (χ4n) is 1.95. The van der Waals surface area contributed by atoms with Crippen molar-refractivity contribution in [2.24, 2.45) is 0 Å². The van der Waals surface area contributed by atoms with Crippen LogP contribution in [0.4, 0.5) is 11.8 Å². The molecule has 0 atom stereocenters. The number of aromatic nitrogens is 2. The lowest BCUT2D eigenvalue weighted by molar-refractivity contribution is 0.724. The molecule has 5 nitrogen and oxygen atoms in total. The van der Waals surface area contributed by atoms with Gasteiger partial charge in [0.2, 0.25) is 5.95 Å². The van der Waals surface area contributed by atoms with Crippen LogP contribution in [-0.4, -0.2) is 50.2 Å². The molecular weight excluding hydrogens is 214 g/mol. The minimum absolute atomic E-state index is 0.859. The number of anilines is 2. The third-order valence-corrected chi connectivity index (χ3v) is 2.91. The van der Waals surface area contributed by atoms with Gasteiger partial charge in [-0.1, -0.05) is 0 Å². The van der Waals surface area contributed by atoms with Crippen LogP contribution in [0.3, 0.4) is 0 Å². The molecule has 5 heteroatoms. The van der Waals surface area contributed by atoms with Crippen LogP contribution in [0, 0.1) is 6.92 Å². The van der Waals surface area contributed by atoms with Crippen molar-refractivity contribution in [1.82, 2.24) is 15.3 Å². The van der Waals surface area contributed by atoms with Gasteiger partial charge in [0, 0.05) is 45.5 Å². The van der Waals surface area contributed by atoms with Crippen molar-refractivity contribution in [2.45, 2.75) is 13.3 Å². The second kappa shape index (κ2) is 5.31. The minimum atomic E-state index is 0.859. The fourth-order valence-corrected chi connectivity index (χ4v) is 1.95. The Labute approximate surface area is 103 Å². The van der Waals surface area contributed by atoms with Crippen molar-refractivity contribution >= 4 is 11.8 Å². The number of hydrogen-bond acceptors (Lipinski definition) is 5. The quantitative estimate of drug-likeness (QED) is 0.815. The largest absolute Gasteiger partial charge is 0.363 e. The maximum atomic E-state index is 4.61. The Hall–Kier alpha value is -1.36. The van der Waals surface area contributed by atoms with Gasteiger partial charge in [-0.2, -0.15) is 4.98 Å². The number of hydrogen-bond donors (Lipinski definition) is 1. The van der Waals surface area contributed by atoms with E-state index in [9.17, 15) is 0 Å². The van der Waals surface area contributed by atoms with E-state index in [1.54, 1.807) is 0 Å². The van der Waals surface area contributed by atoms with E-state index in [0.29, 0.717) is 0 Å². The molecular formula is C12H21N5. The van der Waals surface area contributed by atoms with Crippen molar-refractivity contribution in [3.8, 4) is 0 Å². The molecule has 1 aliphatic rings. The Morgan fingerprint density at radius 2 is 2.06 bits per heavy atom. The van der Waals surface area contributed by atoms with Gasteiger partial charge in [-0.05, 0) is 19.9 Å². The van der Waals surface area contributed by atoms with Crippen molar-refractivity contribution in [2.75, 3.05) is 50.1 Å². The van der Waals surface area contributed by atoms with E-state index >= 15 is 0 Å². The molecule has 1 fully saturated rings. The summed E-state index contributed by atoms with van der Waals surface area (Å²) in [5.41, 5.74) is 1.02. The van der Waals surface area contributed by atoms with Gasteiger partial charge >= 0.3 is 0 Å². The summed E-state index contributed by atoms with van der Waals surface area (Å²) < 4.78 is 0. The second-order valence-corrected chi connectivity index (χ2v) is 4.65. The molecule has 0 saturated carbocycles. The van der Waals surface area contributed by atoms with Gasteiger partial charge in [0.15, 0.2) is 0 Å². The molecule has 0 amide bonds. The van der Waals surface area contributed by atoms with Crippen LogP contribution < -0.4 is 15.1 Å². The van der Waals surface area contributed by atoms with Crippen LogP contribution in [0.1, 0.15) is 12.1 Å². The van der Waals surface area contributed by atoms with E-state index in [0.717, 1.165) is 50.1 Å². The highest BCUT2D eigenvalue weighted by Crippen LogP contribution is 2.16. The molecule has 2 heterocycles. The van der Waals surface area contributed by atoms with E-state index in [1.165, 1.54) is 0 Å². The van der Waals surface area contributed by atoms with Gasteiger partial charge in [-0.15, -0.1) is 0 Å². The Kier molecular flexibility index (Phi) is 3.78. The monoisotopic (exact) mass is 235 g/mol. The van der Waals surface area contributed by atoms with Crippen LogP contribution in [-0.2, 0) is 0 Å². The molecule has 94 valence electrons. The first kappa shape index (κ1) is 12.1. The Bertz CT molecular complexity index is 369. The first-order chi connectivity index (χ1) is 8.16. The van der Waals surface area contributed by atoms with E-state index in [4.69, 9.17) is 0 Å². The van der Waals surface area contributed by atoms with Crippen molar-refractivity contribution in [3.05, 3.63) is 11.8 Å². The predicted octanol–water partition coefficient (Wildman–Crippen LogP) is 0.651. The molecule has 0 bridgehead atoms. The minimum Gasteiger partial charge on any atom is -0.363 e. The SMILES string of the molecule is Cc1cc(N(C)C)nc(N2CCCNCC2)n1. The zero-order valence-corrected chi connectivity index (χ0v) is 10.9. The number of rotatable bonds is 2. The average Bonchev–Trinajstić information content (AvgIpc) is 2.56. The molecule has 0 aliphatic carbocycles. The van der Waals surface area contributed by atoms with Crippen LogP contribution >= 0.6 is 0 Å². The van der Waals surface area contributed by atoms with Crippen molar-refractivity contribution in [1.29, 1.82) is 0 Å². The molecule has 0 spiro atoms. The Morgan fingerprint density at radius 3 is 2.82 bits per heavy atom. The lowest BCUT2D eigenvalue weighted by Crippen LogP contribution is -2.30. The van der Waals surface area contributed by atoms with Gasteiger partial charge in [0.05, 0.1) is 0 Å². The summed E-state index contributed by atoms with van der Waals surface area (Å²) in [7, 11) is 4.02. The Morgan fingerprint density at radius 1 is 1.24 bits per heavy atom. The number of nitrogens with zero attached hydrogens (tertiary/aromatic N) is 4. The maximum absolute atomic E-state index is 4.61. The van der Waals surface area contributed by atoms with Crippen molar-refractivity contribution in [3.63, 3.8) is 0 Å². The predicted molar refractivity (Wildman–Crippen MR) is 70.8 cm³/mol. The molecule has 0 aromatic carbocycles. The average molecular weight is 235 g/mol. The van der Waals surface area contributed by atoms with E-state index in [1.807, 2.05) is 32.0 Å². The molecule has 0 radical (unpaired) electrons. The molecule has 1 aromatic rings. The number of aryl methyl sites for hydroxylation is 1. The molecule has 1 aromatic heterocycles. The third-order valence-electron chi connectivity index (χ3n) is 2.91. The van der Waals surface area contributed by atoms with E-state index in [2.05, 4.69) is 20.2 Å². The maximum Gasteiger partial charge on any atom is 0.227 e. The van der Waals surface area contributed by atoms with Crippen LogP contribution in [0.5, 0.6) is 0 Å². The van der Waals surface area contributed by atoms with Gasteiger partial charge in [0.25, 0.3) is 0 Å². The van der Waals surface area contributed by atoms with Crippen LogP contribution in [0.15, 0.2) is 6.07 Å². The summed E-state index contributed by atoms with van der Waals surface area (Å²) >= 11 is 0. The summed E-state index contributed by atoms with van der Waals surface area (Å²) in [6, 6.07) is 2.01. The molecule has 17 heavy (non-hydrogen) atoms. The van der Waals surface area contributed by atoms with Gasteiger partial charge in [-0.25, -0.2) is 4.98 Å². The molecule has 1 saturated heterocycles. The van der Waals surface area contributed by atoms with Gasteiger partial charge in [-0.3, -0.25) is 0 Å². The molecule has 1 N–H and O–H groups in total. The smallest absolute Gasteiger partial charge is 0.227 e. The molecule has 1 aliphatic heterocycles. The zero-order valence-electron chi connectivity index (χ0n) is 10.9. The highest BCUT2D eigenvalue weighted by atomic mass is 15.3. The summed E-state index contributed by atoms with van der Waals surface area (Å²) in [6.07, 6.45) is 1.15. The second-order valence-electron chi connectivity index (χ2n) is 4.65. The fraction of sp³-hybridized carbons (Fsp3) is 0.667. The summed E-state index contributed by atoms with van der Waals surface area (Å²) in [6.45, 7) is 6.13. The lowest BCUT2D eigenvalue weighted by Gasteiger charge is -2.22. The first-order valence-electron chi connectivity index (χ1n) is 6.15. The first-order valence-corrected chi connectivity index (χ1v) is 6.15. The summed E-state index contributed by atoms with van der Waals surface area (Å²) in [5.74, 6) is 1.84. The van der Waals surface area contributed by atoms with E-state index < -0.39 is 0 Å². The summed E-state index contributed by atoms with van der Waals surface area (Å²) in [4.78, 5) is 13.4. The topological polar surface area (TPSA) is 44.3 Å². The standard InChI is InChI=1S/C12H21N5/c1-10-9-11(16(2)3)15-12(14-10)17-7-4-5-13-6-8-17/h9,13H,4-8H2,1-3H3. The van der Waals surface area contributed by atoms with Crippen LogP contribution in [0.25, 0.3) is 0 Å². The normalized spacial score (nSPS) is 16.8. The zero-order chi connectivity index (χ0) is 12.3. The van der Waals surface area contributed by atoms with Crippen LogP contribution in [0.2, 0.25) is 0 Å². The van der Waals surface area contributed by atoms with E-state index in [-0.39, 0.29) is 0 Å². The number of nitrogens with one attached hydrogen (secondary N) is 1. The third kappa shape index (κ3) is 3.06. The summed E-state index contributed by atoms with van der Waals surface area (Å²) in [5, 5.41) is 3.39. The highest BCUT2D eigenvalue weighted by Gasteiger charge is 2.13. The highest BCUT2D eigenvalue weighted by molar-refractivity contribution is 5.44.